The molecule has 2 aliphatic rings. The standard InChI is InChI=1S/C21H23N9O.C16H13N7O.C11H22N2O2.CH4/c22-12-13-10-16(19(24)31)21(29-20(13)28-18-7-2-1-6-17(18)23)27-14-4-3-5-15(11-14)30-25-8-9-26-30;1-10-11(9-17)7-14(15(18)24)16(21-10)22-12-3-2-4-13(8-12)23-19-5-6-20-23;1-11(2,3)15-10(14)13-9-7-5-4-6-8(9)12;/h3-5,8-11,17-18H,1-2,6-7,23H2,(H2,24,31)(H2,27,28,29);2-8H,1H3,(H2,18,24)(H,21,22);8-9H,4-7,12H2,1-3H3,(H,13,14);1H4/t17-,18+;;8-,9+;/m0.1./s1. The maximum atomic E-state index is 12.1. The molecule has 0 spiro atoms. The fourth-order valence-corrected chi connectivity index (χ4v) is 7.69. The van der Waals surface area contributed by atoms with Crippen LogP contribution in [0.1, 0.15) is 117 Å². The van der Waals surface area contributed by atoms with E-state index in [1.807, 2.05) is 69.3 Å². The number of hydrogen-bond donors (Lipinski definition) is 8. The van der Waals surface area contributed by atoms with E-state index in [-0.39, 0.29) is 60.2 Å². The van der Waals surface area contributed by atoms with E-state index in [9.17, 15) is 19.6 Å². The van der Waals surface area contributed by atoms with E-state index in [1.54, 1.807) is 37.8 Å². The molecule has 8 rings (SSSR count). The van der Waals surface area contributed by atoms with Gasteiger partial charge in [-0.25, -0.2) is 14.8 Å². The summed E-state index contributed by atoms with van der Waals surface area (Å²) in [5.74, 6) is -0.417. The van der Waals surface area contributed by atoms with Crippen molar-refractivity contribution in [3.05, 3.63) is 113 Å². The van der Waals surface area contributed by atoms with Crippen molar-refractivity contribution in [1.29, 1.82) is 10.5 Å². The number of benzene rings is 2. The third-order valence-electron chi connectivity index (χ3n) is 11.2. The number of nitrogens with zero attached hydrogens (tertiary/aromatic N) is 10. The summed E-state index contributed by atoms with van der Waals surface area (Å²) in [6, 6.07) is 21.7. The number of aryl methyl sites for hydroxylation is 1. The monoisotopic (exact) mass is 967 g/mol. The average Bonchev–Trinajstić information content (AvgIpc) is 4.08. The average molecular weight is 967 g/mol. The van der Waals surface area contributed by atoms with Crippen LogP contribution < -0.4 is 44.2 Å². The fourth-order valence-electron chi connectivity index (χ4n) is 7.69. The molecule has 4 atom stereocenters. The number of amides is 3. The van der Waals surface area contributed by atoms with Crippen LogP contribution in [0.25, 0.3) is 11.4 Å². The highest BCUT2D eigenvalue weighted by Crippen LogP contribution is 2.28. The largest absolute Gasteiger partial charge is 0.444 e. The van der Waals surface area contributed by atoms with E-state index in [0.29, 0.717) is 34.3 Å². The Bertz CT molecular complexity index is 2830. The van der Waals surface area contributed by atoms with Crippen molar-refractivity contribution in [2.24, 2.45) is 22.9 Å². The van der Waals surface area contributed by atoms with E-state index >= 15 is 0 Å². The maximum Gasteiger partial charge on any atom is 0.407 e. The number of alkyl carbamates (subject to hydrolysis) is 1. The molecule has 22 nitrogen and oxygen atoms in total. The second kappa shape index (κ2) is 24.7. The Balaban J connectivity index is 0.000000209. The Labute approximate surface area is 412 Å². The third-order valence-corrected chi connectivity index (χ3v) is 11.2. The lowest BCUT2D eigenvalue weighted by Crippen LogP contribution is -2.50. The lowest BCUT2D eigenvalue weighted by atomic mass is 9.91. The molecule has 71 heavy (non-hydrogen) atoms. The van der Waals surface area contributed by atoms with Gasteiger partial charge in [0.05, 0.1) is 64.1 Å². The predicted molar refractivity (Wildman–Crippen MR) is 269 cm³/mol. The zero-order valence-electron chi connectivity index (χ0n) is 39.5. The van der Waals surface area contributed by atoms with Crippen molar-refractivity contribution in [2.45, 2.75) is 116 Å². The van der Waals surface area contributed by atoms with Crippen molar-refractivity contribution in [3.8, 4) is 23.5 Å². The van der Waals surface area contributed by atoms with Crippen LogP contribution >= 0.6 is 0 Å². The first kappa shape index (κ1) is 53.5. The lowest BCUT2D eigenvalue weighted by Gasteiger charge is -2.30. The zero-order chi connectivity index (χ0) is 50.4. The molecule has 3 amide bonds. The number of aromatic nitrogens is 8. The summed E-state index contributed by atoms with van der Waals surface area (Å²) in [5.41, 5.74) is 26.8. The lowest BCUT2D eigenvalue weighted by molar-refractivity contribution is 0.0485. The molecule has 0 aliphatic heterocycles. The van der Waals surface area contributed by atoms with Gasteiger partial charge in [-0.1, -0.05) is 45.2 Å². The van der Waals surface area contributed by atoms with Gasteiger partial charge in [-0.2, -0.15) is 40.5 Å². The van der Waals surface area contributed by atoms with Crippen molar-refractivity contribution >= 4 is 46.7 Å². The van der Waals surface area contributed by atoms with Crippen LogP contribution in [-0.2, 0) is 4.74 Å². The topological polar surface area (TPSA) is 347 Å². The molecule has 12 N–H and O–H groups in total. The van der Waals surface area contributed by atoms with Gasteiger partial charge in [0, 0.05) is 35.5 Å². The Morgan fingerprint density at radius 3 is 1.56 bits per heavy atom. The van der Waals surface area contributed by atoms with Gasteiger partial charge in [0.15, 0.2) is 0 Å². The highest BCUT2D eigenvalue weighted by atomic mass is 16.6. The van der Waals surface area contributed by atoms with E-state index in [4.69, 9.17) is 32.9 Å². The molecule has 22 heteroatoms. The first-order valence-corrected chi connectivity index (χ1v) is 22.7. The SMILES string of the molecule is C.CC(C)(C)OC(=O)N[C@H]1CCCC[C@H]1N.Cc1nc(Nc2cccc(-n3nccn3)c2)c(C(N)=O)cc1C#N.N#Cc1cc(C(N)=O)c(Nc2cccc(-n3nccn3)c2)nc1N[C@@H]1CCCC[C@@H]1N. The van der Waals surface area contributed by atoms with Gasteiger partial charge < -0.3 is 48.9 Å². The van der Waals surface area contributed by atoms with E-state index in [1.165, 1.54) is 21.7 Å². The molecule has 0 radical (unpaired) electrons. The molecule has 372 valence electrons. The number of nitriles is 2. The fraction of sp³-hybridized carbons (Fsp3) is 0.367. The van der Waals surface area contributed by atoms with Gasteiger partial charge >= 0.3 is 6.09 Å². The van der Waals surface area contributed by atoms with Crippen LogP contribution in [0.5, 0.6) is 0 Å². The number of anilines is 5. The van der Waals surface area contributed by atoms with Crippen molar-refractivity contribution < 1.29 is 19.1 Å². The van der Waals surface area contributed by atoms with E-state index < -0.39 is 17.4 Å². The number of carbonyl (C=O) groups excluding carboxylic acids is 3. The summed E-state index contributed by atoms with van der Waals surface area (Å²) >= 11 is 0. The second-order valence-electron chi connectivity index (χ2n) is 17.6. The van der Waals surface area contributed by atoms with Gasteiger partial charge in [-0.15, -0.1) is 0 Å². The Morgan fingerprint density at radius 1 is 0.662 bits per heavy atom. The molecule has 2 aromatic carbocycles. The minimum Gasteiger partial charge on any atom is -0.444 e. The van der Waals surface area contributed by atoms with E-state index in [2.05, 4.69) is 57.7 Å². The number of pyridine rings is 2. The summed E-state index contributed by atoms with van der Waals surface area (Å²) in [6.45, 7) is 7.26. The first-order valence-electron chi connectivity index (χ1n) is 22.7. The van der Waals surface area contributed by atoms with E-state index in [0.717, 1.165) is 62.7 Å². The molecule has 4 heterocycles. The molecule has 2 saturated carbocycles. The summed E-state index contributed by atoms with van der Waals surface area (Å²) < 4.78 is 5.18. The van der Waals surface area contributed by atoms with Gasteiger partial charge in [0.1, 0.15) is 35.2 Å². The van der Waals surface area contributed by atoms with Crippen molar-refractivity contribution in [3.63, 3.8) is 0 Å². The molecule has 4 aromatic heterocycles. The quantitative estimate of drug-likeness (QED) is 0.0720. The van der Waals surface area contributed by atoms with Gasteiger partial charge in [0.2, 0.25) is 0 Å². The van der Waals surface area contributed by atoms with Crippen molar-refractivity contribution in [1.82, 2.24) is 45.3 Å². The van der Waals surface area contributed by atoms with Crippen LogP contribution in [0, 0.1) is 29.6 Å². The molecule has 0 bridgehead atoms. The summed E-state index contributed by atoms with van der Waals surface area (Å²) in [6.07, 6.45) is 14.2. The smallest absolute Gasteiger partial charge is 0.407 e. The molecule has 6 aromatic rings. The van der Waals surface area contributed by atoms with Crippen LogP contribution in [-0.4, -0.2) is 87.6 Å². The number of carbonyl (C=O) groups is 3. The highest BCUT2D eigenvalue weighted by Gasteiger charge is 2.27. The molecular weight excluding hydrogens is 905 g/mol. The number of primary amides is 2. The molecule has 0 unspecified atom stereocenters. The predicted octanol–water partition coefficient (Wildman–Crippen LogP) is 6.16. The molecular formula is C49H62N18O4. The van der Waals surface area contributed by atoms with Crippen LogP contribution in [0.15, 0.2) is 85.5 Å². The number of nitrogens with one attached hydrogen (secondary N) is 4. The van der Waals surface area contributed by atoms with Crippen LogP contribution in [0.2, 0.25) is 0 Å². The first-order chi connectivity index (χ1) is 33.5. The Hall–Kier alpha value is -8.47. The number of rotatable bonds is 11. The minimum atomic E-state index is -0.683. The number of ether oxygens (including phenoxy) is 1. The molecule has 0 saturated heterocycles. The third kappa shape index (κ3) is 15.0. The number of hydrogen-bond acceptors (Lipinski definition) is 17. The maximum absolute atomic E-state index is 12.1. The number of nitrogens with two attached hydrogens (primary N) is 4. The Morgan fingerprint density at radius 2 is 1.11 bits per heavy atom. The minimum absolute atomic E-state index is 0. The van der Waals surface area contributed by atoms with Gasteiger partial charge in [-0.3, -0.25) is 9.59 Å². The van der Waals surface area contributed by atoms with Crippen LogP contribution in [0.4, 0.5) is 33.6 Å². The summed E-state index contributed by atoms with van der Waals surface area (Å²) in [4.78, 5) is 47.0. The normalized spacial score (nSPS) is 17.1. The van der Waals surface area contributed by atoms with Crippen LogP contribution in [0.3, 0.4) is 0 Å². The second-order valence-corrected chi connectivity index (χ2v) is 17.6. The molecule has 2 aliphatic carbocycles. The van der Waals surface area contributed by atoms with Gasteiger partial charge in [-0.05, 0) is 102 Å². The molecule has 2 fully saturated rings. The highest BCUT2D eigenvalue weighted by molar-refractivity contribution is 5.99. The van der Waals surface area contributed by atoms with Gasteiger partial charge in [0.25, 0.3) is 11.8 Å². The summed E-state index contributed by atoms with van der Waals surface area (Å²) in [7, 11) is 0. The van der Waals surface area contributed by atoms with Crippen molar-refractivity contribution in [2.75, 3.05) is 16.0 Å². The Kier molecular flexibility index (Phi) is 18.6. The zero-order valence-corrected chi connectivity index (χ0v) is 39.5. The summed E-state index contributed by atoms with van der Waals surface area (Å²) in [5, 5.41) is 47.4.